The van der Waals surface area contributed by atoms with Gasteiger partial charge in [0.05, 0.1) is 10.6 Å². The van der Waals surface area contributed by atoms with E-state index >= 15 is 0 Å². The summed E-state index contributed by atoms with van der Waals surface area (Å²) in [4.78, 5) is 18.8. The zero-order valence-electron chi connectivity index (χ0n) is 34.1. The van der Waals surface area contributed by atoms with Gasteiger partial charge in [-0.25, -0.2) is 22.0 Å². The molecular formula is C45H50ClF3N4O5S3. The van der Waals surface area contributed by atoms with Gasteiger partial charge in [-0.15, -0.1) is 11.8 Å². The maximum atomic E-state index is 14.8. The molecule has 4 aromatic rings. The summed E-state index contributed by atoms with van der Waals surface area (Å²) in [6, 6.07) is 25.4. The topological polar surface area (TPSA) is 121 Å². The Labute approximate surface area is 366 Å². The first-order chi connectivity index (χ1) is 28.9. The number of anilines is 1. The number of sulfonamides is 1. The van der Waals surface area contributed by atoms with E-state index in [-0.39, 0.29) is 17.7 Å². The van der Waals surface area contributed by atoms with Gasteiger partial charge in [0.1, 0.15) is 4.90 Å². The van der Waals surface area contributed by atoms with Crippen LogP contribution in [0.25, 0.3) is 11.1 Å². The Hall–Kier alpha value is -3.96. The van der Waals surface area contributed by atoms with Crippen LogP contribution in [0.3, 0.4) is 0 Å². The quantitative estimate of drug-likeness (QED) is 0.117. The van der Waals surface area contributed by atoms with Gasteiger partial charge in [0.2, 0.25) is 10.0 Å². The van der Waals surface area contributed by atoms with Crippen LogP contribution < -0.4 is 10.0 Å². The molecule has 0 saturated heterocycles. The molecule has 4 aromatic carbocycles. The molecule has 1 aliphatic carbocycles. The number of primary sulfonamides is 1. The highest BCUT2D eigenvalue weighted by atomic mass is 35.5. The number of halogens is 4. The van der Waals surface area contributed by atoms with Gasteiger partial charge >= 0.3 is 5.51 Å². The molecule has 2 N–H and O–H groups in total. The first kappa shape index (κ1) is 46.5. The average Bonchev–Trinajstić information content (AvgIpc) is 3.47. The Morgan fingerprint density at radius 2 is 1.54 bits per heavy atom. The molecular weight excluding hydrogens is 865 g/mol. The van der Waals surface area contributed by atoms with Crippen LogP contribution in [0, 0.1) is 0 Å². The Morgan fingerprint density at radius 3 is 2.16 bits per heavy atom. The minimum atomic E-state index is -6.19. The number of rotatable bonds is 15. The van der Waals surface area contributed by atoms with Crippen LogP contribution in [0.2, 0.25) is 5.02 Å². The summed E-state index contributed by atoms with van der Waals surface area (Å²) in [7, 11) is -7.22. The van der Waals surface area contributed by atoms with Crippen LogP contribution in [0.5, 0.6) is 0 Å². The first-order valence-corrected chi connectivity index (χ1v) is 24.4. The van der Waals surface area contributed by atoms with E-state index in [1.54, 1.807) is 38.4 Å². The largest absolute Gasteiger partial charge is 0.501 e. The fourth-order valence-electron chi connectivity index (χ4n) is 7.76. The maximum absolute atomic E-state index is 14.8. The highest BCUT2D eigenvalue weighted by molar-refractivity contribution is 7.99. The van der Waals surface area contributed by atoms with Crippen LogP contribution in [0.4, 0.5) is 18.9 Å². The van der Waals surface area contributed by atoms with Crippen molar-refractivity contribution in [3.8, 4) is 0 Å². The van der Waals surface area contributed by atoms with Crippen molar-refractivity contribution >= 4 is 66.0 Å². The average molecular weight is 916 g/mol. The number of benzene rings is 4. The standard InChI is InChI=1S/C45H50ClF3N4O5S3/c1-51(2)26-25-38(31-59-39-10-6-4-7-11-39)53(42-22-21-40(61(50,57)58)29-43(42)60(55,56)45(47,48)49)44(54)35-15-13-32(14-16-35)33-23-27-52(28-24-33)30-36-9-5-3-8-12-41(36)34-17-19-37(46)20-18-34/h4,6-7,10-11,13-23,29,38H,3,5,8-9,12,24-28,30-31H2,1-2H3,(H2,50,57,58)/t38-/m1/s1. The molecule has 9 nitrogen and oxygen atoms in total. The molecule has 1 heterocycles. The number of nitrogens with two attached hydrogens (primary N) is 1. The van der Waals surface area contributed by atoms with Gasteiger partial charge < -0.3 is 9.80 Å². The summed E-state index contributed by atoms with van der Waals surface area (Å²) in [5.74, 6) is -0.575. The number of alkyl halides is 3. The number of sulfone groups is 1. The van der Waals surface area contributed by atoms with E-state index in [0.717, 1.165) is 84.8 Å². The van der Waals surface area contributed by atoms with Crippen molar-refractivity contribution in [2.24, 2.45) is 5.14 Å². The van der Waals surface area contributed by atoms with Crippen LogP contribution >= 0.6 is 23.4 Å². The fraction of sp³-hybridized carbons (Fsp3) is 0.356. The van der Waals surface area contributed by atoms with Gasteiger partial charge in [-0.05, 0) is 136 Å². The van der Waals surface area contributed by atoms with Crippen molar-refractivity contribution in [2.75, 3.05) is 50.9 Å². The Kier molecular flexibility index (Phi) is 15.3. The minimum absolute atomic E-state index is 0.113. The van der Waals surface area contributed by atoms with Gasteiger partial charge in [0.15, 0.2) is 0 Å². The minimum Gasteiger partial charge on any atom is -0.309 e. The fourth-order valence-corrected chi connectivity index (χ4v) is 10.5. The van der Waals surface area contributed by atoms with Crippen molar-refractivity contribution in [3.63, 3.8) is 0 Å². The van der Waals surface area contributed by atoms with E-state index in [2.05, 4.69) is 23.1 Å². The normalized spacial score (nSPS) is 16.3. The zero-order chi connectivity index (χ0) is 44.0. The van der Waals surface area contributed by atoms with Crippen molar-refractivity contribution in [1.82, 2.24) is 9.80 Å². The van der Waals surface area contributed by atoms with Gasteiger partial charge in [0, 0.05) is 46.9 Å². The lowest BCUT2D eigenvalue weighted by Gasteiger charge is -2.34. The second-order valence-corrected chi connectivity index (χ2v) is 20.6. The van der Waals surface area contributed by atoms with E-state index in [1.165, 1.54) is 34.9 Å². The molecule has 0 bridgehead atoms. The molecule has 0 saturated carbocycles. The predicted molar refractivity (Wildman–Crippen MR) is 239 cm³/mol. The number of hydrogen-bond donors (Lipinski definition) is 1. The van der Waals surface area contributed by atoms with Crippen molar-refractivity contribution in [1.29, 1.82) is 0 Å². The molecule has 6 rings (SSSR count). The van der Waals surface area contributed by atoms with E-state index in [1.807, 2.05) is 47.4 Å². The molecule has 0 spiro atoms. The summed E-state index contributed by atoms with van der Waals surface area (Å²) in [5, 5.41) is 5.98. The summed E-state index contributed by atoms with van der Waals surface area (Å²) < 4.78 is 94.1. The summed E-state index contributed by atoms with van der Waals surface area (Å²) in [6.07, 6.45) is 8.79. The molecule has 1 amide bonds. The molecule has 0 aromatic heterocycles. The van der Waals surface area contributed by atoms with Crippen LogP contribution in [0.1, 0.15) is 66.4 Å². The van der Waals surface area contributed by atoms with Gasteiger partial charge in [0.25, 0.3) is 15.7 Å². The lowest BCUT2D eigenvalue weighted by atomic mass is 9.94. The molecule has 61 heavy (non-hydrogen) atoms. The van der Waals surface area contributed by atoms with E-state index in [0.29, 0.717) is 17.6 Å². The maximum Gasteiger partial charge on any atom is 0.501 e. The smallest absolute Gasteiger partial charge is 0.309 e. The molecule has 1 aliphatic heterocycles. The third-order valence-electron chi connectivity index (χ3n) is 11.0. The molecule has 326 valence electrons. The van der Waals surface area contributed by atoms with Gasteiger partial charge in [-0.2, -0.15) is 13.2 Å². The number of thioether (sulfide) groups is 1. The third-order valence-corrected chi connectivity index (χ3v) is 14.9. The lowest BCUT2D eigenvalue weighted by molar-refractivity contribution is -0.0436. The monoisotopic (exact) mass is 914 g/mol. The summed E-state index contributed by atoms with van der Waals surface area (Å²) in [6.45, 7) is 2.82. The third kappa shape index (κ3) is 11.7. The predicted octanol–water partition coefficient (Wildman–Crippen LogP) is 9.55. The second kappa shape index (κ2) is 20.0. The second-order valence-electron chi connectivity index (χ2n) is 15.6. The molecule has 2 aliphatic rings. The highest BCUT2D eigenvalue weighted by Gasteiger charge is 2.49. The number of amides is 1. The Morgan fingerprint density at radius 1 is 0.869 bits per heavy atom. The number of allylic oxidation sites excluding steroid dienone is 1. The van der Waals surface area contributed by atoms with Crippen molar-refractivity contribution in [3.05, 3.63) is 130 Å². The van der Waals surface area contributed by atoms with E-state index < -0.39 is 52.8 Å². The van der Waals surface area contributed by atoms with E-state index in [4.69, 9.17) is 16.7 Å². The number of hydrogen-bond acceptors (Lipinski definition) is 8. The lowest BCUT2D eigenvalue weighted by Crippen LogP contribution is -2.44. The van der Waals surface area contributed by atoms with Crippen LogP contribution in [-0.2, 0) is 19.9 Å². The van der Waals surface area contributed by atoms with Crippen molar-refractivity contribution in [2.45, 2.75) is 71.2 Å². The van der Waals surface area contributed by atoms with Gasteiger partial charge in [-0.3, -0.25) is 9.69 Å². The molecule has 16 heteroatoms. The molecule has 0 fully saturated rings. The summed E-state index contributed by atoms with van der Waals surface area (Å²) >= 11 is 7.55. The number of carbonyl (C=O) groups is 1. The highest BCUT2D eigenvalue weighted by Crippen LogP contribution is 2.40. The number of carbonyl (C=O) groups excluding carboxylic acids is 1. The van der Waals surface area contributed by atoms with Crippen LogP contribution in [0.15, 0.2) is 123 Å². The Balaban J connectivity index is 1.32. The van der Waals surface area contributed by atoms with Crippen LogP contribution in [-0.4, -0.2) is 90.1 Å². The zero-order valence-corrected chi connectivity index (χ0v) is 37.3. The summed E-state index contributed by atoms with van der Waals surface area (Å²) in [5.41, 5.74) is -0.232. The Bertz CT molecular complexity index is 2460. The molecule has 0 radical (unpaired) electrons. The number of nitrogens with zero attached hydrogens (tertiary/aromatic N) is 3. The van der Waals surface area contributed by atoms with E-state index in [9.17, 15) is 34.8 Å². The first-order valence-electron chi connectivity index (χ1n) is 20.1. The molecule has 1 atom stereocenters. The van der Waals surface area contributed by atoms with Crippen molar-refractivity contribution < 1.29 is 34.8 Å². The SMILES string of the molecule is CN(C)CC[C@H](CSc1ccccc1)N(C(=O)c1ccc(C2=CCN(CC3=C(c4ccc(Cl)cc4)CCCCC3)CC2)cc1)c1ccc(S(N)(=O)=O)cc1S(=O)(=O)C(F)(F)F. The van der Waals surface area contributed by atoms with Gasteiger partial charge in [-0.1, -0.05) is 72.1 Å². The molecule has 0 unspecified atom stereocenters.